The van der Waals surface area contributed by atoms with Gasteiger partial charge in [-0.3, -0.25) is 9.59 Å². The largest absolute Gasteiger partial charge is 0.481 e. The predicted molar refractivity (Wildman–Crippen MR) is 87.5 cm³/mol. The first-order valence-corrected chi connectivity index (χ1v) is 7.55. The number of amides is 1. The third-order valence-corrected chi connectivity index (χ3v) is 4.21. The fraction of sp³-hybridized carbons (Fsp3) is 0.529. The summed E-state index contributed by atoms with van der Waals surface area (Å²) in [7, 11) is 0. The molecule has 1 aliphatic heterocycles. The number of carboxylic acids is 1. The normalized spacial score (nSPS) is 13.5. The van der Waals surface area contributed by atoms with Crippen LogP contribution in [0.1, 0.15) is 43.0 Å². The maximum Gasteiger partial charge on any atom is 0.307 e. The van der Waals surface area contributed by atoms with Crippen LogP contribution in [-0.2, 0) is 22.4 Å². The highest BCUT2D eigenvalue weighted by Crippen LogP contribution is 2.40. The molecule has 0 atom stereocenters. The van der Waals surface area contributed by atoms with Gasteiger partial charge in [-0.1, -0.05) is 20.8 Å². The second-order valence-corrected chi connectivity index (χ2v) is 6.91. The lowest BCUT2D eigenvalue weighted by Gasteiger charge is -2.23. The van der Waals surface area contributed by atoms with Crippen LogP contribution < -0.4 is 10.6 Å². The topological polar surface area (TPSA) is 78.4 Å². The Hall–Kier alpha value is -2.04. The first-order chi connectivity index (χ1) is 10.1. The van der Waals surface area contributed by atoms with Crippen LogP contribution in [0.2, 0.25) is 0 Å². The number of aliphatic carboxylic acids is 1. The molecular weight excluding hydrogens is 280 g/mol. The van der Waals surface area contributed by atoms with Crippen molar-refractivity contribution in [3.63, 3.8) is 0 Å². The zero-order valence-electron chi connectivity index (χ0n) is 13.9. The molecule has 0 fully saturated rings. The zero-order chi connectivity index (χ0) is 16.7. The Labute approximate surface area is 131 Å². The first kappa shape index (κ1) is 16.3. The second-order valence-electron chi connectivity index (χ2n) is 6.91. The van der Waals surface area contributed by atoms with E-state index >= 15 is 0 Å². The van der Waals surface area contributed by atoms with Crippen LogP contribution in [0.4, 0.5) is 11.4 Å². The third kappa shape index (κ3) is 2.93. The van der Waals surface area contributed by atoms with Crippen LogP contribution >= 0.6 is 0 Å². The van der Waals surface area contributed by atoms with Gasteiger partial charge in [-0.2, -0.15) is 0 Å². The van der Waals surface area contributed by atoms with Crippen LogP contribution in [0.25, 0.3) is 0 Å². The van der Waals surface area contributed by atoms with Crippen molar-refractivity contribution in [1.82, 2.24) is 0 Å². The number of carbonyl (C=O) groups is 2. The number of rotatable bonds is 3. The summed E-state index contributed by atoms with van der Waals surface area (Å²) >= 11 is 0. The van der Waals surface area contributed by atoms with Crippen LogP contribution in [0.3, 0.4) is 0 Å². The highest BCUT2D eigenvalue weighted by Gasteiger charge is 2.28. The summed E-state index contributed by atoms with van der Waals surface area (Å²) in [4.78, 5) is 23.5. The maximum atomic E-state index is 12.3. The highest BCUT2D eigenvalue weighted by molar-refractivity contribution is 6.00. The summed E-state index contributed by atoms with van der Waals surface area (Å²) in [5.41, 5.74) is 4.95. The fourth-order valence-corrected chi connectivity index (χ4v) is 2.83. The number of benzene rings is 1. The van der Waals surface area contributed by atoms with Gasteiger partial charge in [-0.05, 0) is 42.5 Å². The molecule has 0 saturated heterocycles. The van der Waals surface area contributed by atoms with E-state index in [2.05, 4.69) is 10.6 Å². The van der Waals surface area contributed by atoms with Gasteiger partial charge < -0.3 is 15.7 Å². The lowest BCUT2D eigenvalue weighted by atomic mass is 9.90. The van der Waals surface area contributed by atoms with Crippen molar-refractivity contribution in [2.24, 2.45) is 5.41 Å². The van der Waals surface area contributed by atoms with Crippen molar-refractivity contribution in [3.05, 3.63) is 22.3 Å². The van der Waals surface area contributed by atoms with Gasteiger partial charge >= 0.3 is 5.97 Å². The monoisotopic (exact) mass is 304 g/mol. The Balaban J connectivity index is 2.56. The van der Waals surface area contributed by atoms with Crippen LogP contribution in [0.15, 0.2) is 0 Å². The fourth-order valence-electron chi connectivity index (χ4n) is 2.83. The third-order valence-electron chi connectivity index (χ3n) is 4.21. The van der Waals surface area contributed by atoms with E-state index in [9.17, 15) is 9.59 Å². The molecule has 22 heavy (non-hydrogen) atoms. The average molecular weight is 304 g/mol. The minimum absolute atomic E-state index is 0.0245. The Morgan fingerprint density at radius 2 is 1.86 bits per heavy atom. The van der Waals surface area contributed by atoms with E-state index in [1.54, 1.807) is 0 Å². The molecule has 1 amide bonds. The smallest absolute Gasteiger partial charge is 0.307 e. The molecule has 0 saturated carbocycles. The molecule has 1 heterocycles. The van der Waals surface area contributed by atoms with E-state index in [4.69, 9.17) is 5.11 Å². The van der Waals surface area contributed by atoms with Crippen LogP contribution in [-0.4, -0.2) is 23.5 Å². The van der Waals surface area contributed by atoms with Crippen molar-refractivity contribution in [3.8, 4) is 0 Å². The van der Waals surface area contributed by atoms with Gasteiger partial charge in [0.25, 0.3) is 0 Å². The molecule has 3 N–H and O–H groups in total. The highest BCUT2D eigenvalue weighted by atomic mass is 16.4. The lowest BCUT2D eigenvalue weighted by molar-refractivity contribution is -0.136. The van der Waals surface area contributed by atoms with Gasteiger partial charge in [-0.15, -0.1) is 0 Å². The molecule has 120 valence electrons. The van der Waals surface area contributed by atoms with Crippen molar-refractivity contribution >= 4 is 23.3 Å². The number of anilines is 2. The number of nitrogens with one attached hydrogen (secondary N) is 2. The van der Waals surface area contributed by atoms with E-state index in [-0.39, 0.29) is 12.3 Å². The Kier molecular flexibility index (Phi) is 4.18. The molecule has 0 bridgehead atoms. The summed E-state index contributed by atoms with van der Waals surface area (Å²) in [5.74, 6) is -0.929. The molecule has 0 aromatic heterocycles. The maximum absolute atomic E-state index is 12.3. The van der Waals surface area contributed by atoms with Gasteiger partial charge in [0.05, 0.1) is 17.8 Å². The summed E-state index contributed by atoms with van der Waals surface area (Å²) in [5, 5.41) is 15.5. The van der Waals surface area contributed by atoms with E-state index in [1.807, 2.05) is 34.6 Å². The number of carbonyl (C=O) groups excluding carboxylic acids is 1. The summed E-state index contributed by atoms with van der Waals surface area (Å²) in [6, 6.07) is 0. The molecule has 2 rings (SSSR count). The van der Waals surface area contributed by atoms with E-state index in [0.29, 0.717) is 0 Å². The molecule has 1 aliphatic rings. The number of hydrogen-bond donors (Lipinski definition) is 3. The van der Waals surface area contributed by atoms with E-state index < -0.39 is 11.4 Å². The average Bonchev–Trinajstić information content (AvgIpc) is 2.87. The Morgan fingerprint density at radius 1 is 1.23 bits per heavy atom. The minimum Gasteiger partial charge on any atom is -0.481 e. The van der Waals surface area contributed by atoms with Crippen molar-refractivity contribution in [2.75, 3.05) is 17.2 Å². The van der Waals surface area contributed by atoms with Gasteiger partial charge in [-0.25, -0.2) is 0 Å². The Bertz CT molecular complexity index is 643. The van der Waals surface area contributed by atoms with Crippen molar-refractivity contribution in [2.45, 2.75) is 47.5 Å². The number of carboxylic acid groups (broad SMARTS) is 1. The number of hydrogen-bond acceptors (Lipinski definition) is 3. The second kappa shape index (κ2) is 5.63. The standard InChI is InChI=1S/C17H24N2O3/c1-9-11-6-7-18-15(11)14(19-16(22)17(3,4)5)10(2)12(9)8-13(20)21/h18H,6-8H2,1-5H3,(H,19,22)(H,20,21). The van der Waals surface area contributed by atoms with Crippen molar-refractivity contribution < 1.29 is 14.7 Å². The van der Waals surface area contributed by atoms with Gasteiger partial charge in [0.15, 0.2) is 0 Å². The summed E-state index contributed by atoms with van der Waals surface area (Å²) in [6.07, 6.45) is 0.829. The molecule has 5 nitrogen and oxygen atoms in total. The molecule has 0 radical (unpaired) electrons. The van der Waals surface area contributed by atoms with E-state index in [0.717, 1.165) is 46.6 Å². The molecular formula is C17H24N2O3. The quantitative estimate of drug-likeness (QED) is 0.802. The van der Waals surface area contributed by atoms with Gasteiger partial charge in [0, 0.05) is 12.0 Å². The predicted octanol–water partition coefficient (Wildman–Crippen LogP) is 2.88. The molecule has 1 aromatic carbocycles. The molecule has 1 aromatic rings. The lowest BCUT2D eigenvalue weighted by Crippen LogP contribution is -2.28. The van der Waals surface area contributed by atoms with Crippen LogP contribution in [0, 0.1) is 19.3 Å². The Morgan fingerprint density at radius 3 is 2.41 bits per heavy atom. The SMILES string of the molecule is Cc1c(CC(=O)O)c(C)c(NC(=O)C(C)(C)C)c2c1CCN2. The number of fused-ring (bicyclic) bond motifs is 1. The van der Waals surface area contributed by atoms with Gasteiger partial charge in [0.2, 0.25) is 5.91 Å². The van der Waals surface area contributed by atoms with E-state index in [1.165, 1.54) is 0 Å². The summed E-state index contributed by atoms with van der Waals surface area (Å²) < 4.78 is 0. The molecule has 0 spiro atoms. The minimum atomic E-state index is -0.856. The first-order valence-electron chi connectivity index (χ1n) is 7.55. The zero-order valence-corrected chi connectivity index (χ0v) is 13.9. The molecule has 0 unspecified atom stereocenters. The molecule has 5 heteroatoms. The van der Waals surface area contributed by atoms with Gasteiger partial charge in [0.1, 0.15) is 0 Å². The van der Waals surface area contributed by atoms with Crippen molar-refractivity contribution in [1.29, 1.82) is 0 Å². The van der Waals surface area contributed by atoms with Crippen LogP contribution in [0.5, 0.6) is 0 Å². The molecule has 0 aliphatic carbocycles. The summed E-state index contributed by atoms with van der Waals surface area (Å²) in [6.45, 7) is 10.2.